The first-order chi connectivity index (χ1) is 9.60. The first kappa shape index (κ1) is 18.9. The van der Waals surface area contributed by atoms with Crippen LogP contribution in [0.25, 0.3) is 0 Å². The van der Waals surface area contributed by atoms with E-state index in [1.807, 2.05) is 27.7 Å². The first-order valence-corrected chi connectivity index (χ1v) is 8.70. The minimum absolute atomic E-state index is 0.113. The Balaban J connectivity index is 4.95. The Kier molecular flexibility index (Phi) is 10.1. The van der Waals surface area contributed by atoms with Crippen molar-refractivity contribution in [1.29, 1.82) is 0 Å². The van der Waals surface area contributed by atoms with Crippen LogP contribution in [0, 0.1) is 12.3 Å². The zero-order chi connectivity index (χ0) is 15.4. The van der Waals surface area contributed by atoms with Crippen LogP contribution in [-0.4, -0.2) is 47.0 Å². The van der Waals surface area contributed by atoms with Gasteiger partial charge in [0.1, 0.15) is 0 Å². The molecule has 0 saturated carbocycles. The molecule has 0 spiro atoms. The molecule has 6 nitrogen and oxygen atoms in total. The number of hydrogen-bond acceptors (Lipinski definition) is 5. The predicted octanol–water partition coefficient (Wildman–Crippen LogP) is 1.71. The number of hydrogen-bond donors (Lipinski definition) is 1. The molecule has 0 aromatic heterocycles. The number of carbonyl (C=O) groups is 1. The molecule has 1 atom stereocenters. The van der Waals surface area contributed by atoms with Crippen LogP contribution in [0.5, 0.6) is 0 Å². The van der Waals surface area contributed by atoms with Crippen LogP contribution in [0.2, 0.25) is 0 Å². The molecule has 20 heavy (non-hydrogen) atoms. The lowest BCUT2D eigenvalue weighted by molar-refractivity contribution is 0.0124. The van der Waals surface area contributed by atoms with Crippen molar-refractivity contribution in [3.63, 3.8) is 0 Å². The van der Waals surface area contributed by atoms with Crippen LogP contribution in [0.4, 0.5) is 4.79 Å². The van der Waals surface area contributed by atoms with Gasteiger partial charge in [-0.3, -0.25) is 0 Å². The van der Waals surface area contributed by atoms with Crippen LogP contribution < -0.4 is 5.32 Å². The highest BCUT2D eigenvalue weighted by Crippen LogP contribution is 2.20. The molecule has 0 fully saturated rings. The summed E-state index contributed by atoms with van der Waals surface area (Å²) >= 11 is 0. The summed E-state index contributed by atoms with van der Waals surface area (Å²) in [5.41, 5.74) is -0.555. The highest BCUT2D eigenvalue weighted by molar-refractivity contribution is 6.62. The second kappa shape index (κ2) is 10.7. The Morgan fingerprint density at radius 2 is 1.65 bits per heavy atom. The van der Waals surface area contributed by atoms with Crippen LogP contribution in [0.15, 0.2) is 0 Å². The SMILES string of the molecule is C#CCNC(=O)OC(CC)[Si](OCC)(OCC)OCC. The molecule has 0 saturated heterocycles. The summed E-state index contributed by atoms with van der Waals surface area (Å²) in [6, 6.07) is 0. The maximum atomic E-state index is 11.7. The van der Waals surface area contributed by atoms with Crippen LogP contribution >= 0.6 is 0 Å². The fourth-order valence-electron chi connectivity index (χ4n) is 1.71. The van der Waals surface area contributed by atoms with Gasteiger partial charge in [-0.1, -0.05) is 12.8 Å². The molecule has 0 heterocycles. The van der Waals surface area contributed by atoms with Gasteiger partial charge in [0.25, 0.3) is 0 Å². The summed E-state index contributed by atoms with van der Waals surface area (Å²) in [4.78, 5) is 11.7. The summed E-state index contributed by atoms with van der Waals surface area (Å²) in [5, 5.41) is 2.45. The summed E-state index contributed by atoms with van der Waals surface area (Å²) in [5.74, 6) is 2.31. The highest BCUT2D eigenvalue weighted by atomic mass is 28.4. The monoisotopic (exact) mass is 303 g/mol. The third-order valence-corrected chi connectivity index (χ3v) is 5.77. The van der Waals surface area contributed by atoms with E-state index in [1.54, 1.807) is 0 Å². The minimum Gasteiger partial charge on any atom is -0.442 e. The lowest BCUT2D eigenvalue weighted by Gasteiger charge is -2.33. The second-order valence-electron chi connectivity index (χ2n) is 3.76. The fraction of sp³-hybridized carbons (Fsp3) is 0.769. The molecule has 1 N–H and O–H groups in total. The quantitative estimate of drug-likeness (QED) is 0.491. The molecule has 0 rings (SSSR count). The maximum absolute atomic E-state index is 11.7. The van der Waals surface area contributed by atoms with E-state index in [1.165, 1.54) is 0 Å². The summed E-state index contributed by atoms with van der Waals surface area (Å²) in [6.07, 6.45) is 5.03. The average Bonchev–Trinajstić information content (AvgIpc) is 2.43. The predicted molar refractivity (Wildman–Crippen MR) is 78.0 cm³/mol. The molecule has 1 unspecified atom stereocenters. The molecule has 0 aliphatic carbocycles. The highest BCUT2D eigenvalue weighted by Gasteiger charge is 2.51. The van der Waals surface area contributed by atoms with Crippen LogP contribution in [0.3, 0.4) is 0 Å². The zero-order valence-electron chi connectivity index (χ0n) is 12.7. The van der Waals surface area contributed by atoms with E-state index in [0.29, 0.717) is 26.2 Å². The molecule has 116 valence electrons. The molecule has 0 aromatic rings. The van der Waals surface area contributed by atoms with Crippen molar-refractivity contribution in [3.05, 3.63) is 0 Å². The Hall–Kier alpha value is -1.07. The van der Waals surface area contributed by atoms with Gasteiger partial charge in [0.2, 0.25) is 0 Å². The van der Waals surface area contributed by atoms with Gasteiger partial charge in [-0.05, 0) is 27.2 Å². The van der Waals surface area contributed by atoms with E-state index < -0.39 is 20.6 Å². The average molecular weight is 303 g/mol. The molecule has 0 aromatic carbocycles. The van der Waals surface area contributed by atoms with E-state index in [2.05, 4.69) is 11.2 Å². The van der Waals surface area contributed by atoms with E-state index >= 15 is 0 Å². The van der Waals surface area contributed by atoms with Gasteiger partial charge in [-0.2, -0.15) is 0 Å². The Bertz CT molecular complexity index is 301. The number of alkyl carbamates (subject to hydrolysis) is 1. The lowest BCUT2D eigenvalue weighted by Crippen LogP contribution is -2.58. The number of terminal acetylenes is 1. The standard InChI is InChI=1S/C13H25NO5Si/c1-6-11-14-13(15)19-12(7-2)20(16-8-3,17-9-4)18-10-5/h1,12H,7-11H2,2-5H3,(H,14,15). The number of nitrogens with one attached hydrogen (secondary N) is 1. The van der Waals surface area contributed by atoms with Crippen molar-refractivity contribution < 1.29 is 22.8 Å². The van der Waals surface area contributed by atoms with E-state index in [0.717, 1.165) is 0 Å². The normalized spacial score (nSPS) is 12.6. The van der Waals surface area contributed by atoms with E-state index in [9.17, 15) is 4.79 Å². The molecule has 0 aliphatic rings. The minimum atomic E-state index is -3.06. The number of ether oxygens (including phenoxy) is 1. The lowest BCUT2D eigenvalue weighted by atomic mass is 10.5. The largest absolute Gasteiger partial charge is 0.544 e. The summed E-state index contributed by atoms with van der Waals surface area (Å²) in [6.45, 7) is 8.84. The van der Waals surface area contributed by atoms with Crippen LogP contribution in [0.1, 0.15) is 34.1 Å². The third-order valence-electron chi connectivity index (χ3n) is 2.39. The van der Waals surface area contributed by atoms with Crippen molar-refractivity contribution in [2.24, 2.45) is 0 Å². The van der Waals surface area contributed by atoms with Crippen LogP contribution in [-0.2, 0) is 18.0 Å². The number of carbonyl (C=O) groups excluding carboxylic acids is 1. The molecule has 7 heteroatoms. The third kappa shape index (κ3) is 5.92. The van der Waals surface area contributed by atoms with Crippen molar-refractivity contribution in [1.82, 2.24) is 5.32 Å². The zero-order valence-corrected chi connectivity index (χ0v) is 13.7. The Morgan fingerprint density at radius 3 is 2.00 bits per heavy atom. The second-order valence-corrected chi connectivity index (χ2v) is 6.48. The number of rotatable bonds is 10. The first-order valence-electron chi connectivity index (χ1n) is 6.89. The number of amides is 1. The molecule has 0 bridgehead atoms. The fourth-order valence-corrected chi connectivity index (χ4v) is 4.47. The maximum Gasteiger partial charge on any atom is 0.544 e. The van der Waals surface area contributed by atoms with Crippen molar-refractivity contribution in [3.8, 4) is 12.3 Å². The van der Waals surface area contributed by atoms with E-state index in [4.69, 9.17) is 24.4 Å². The van der Waals surface area contributed by atoms with Crippen molar-refractivity contribution >= 4 is 14.9 Å². The van der Waals surface area contributed by atoms with Gasteiger partial charge in [0, 0.05) is 19.8 Å². The van der Waals surface area contributed by atoms with Gasteiger partial charge in [0.05, 0.1) is 6.54 Å². The van der Waals surface area contributed by atoms with Gasteiger partial charge in [-0.15, -0.1) is 6.42 Å². The smallest absolute Gasteiger partial charge is 0.442 e. The topological polar surface area (TPSA) is 66.0 Å². The molecule has 0 radical (unpaired) electrons. The van der Waals surface area contributed by atoms with Gasteiger partial charge in [-0.25, -0.2) is 4.79 Å². The van der Waals surface area contributed by atoms with Crippen molar-refractivity contribution in [2.75, 3.05) is 26.4 Å². The van der Waals surface area contributed by atoms with Gasteiger partial charge in [0.15, 0.2) is 5.73 Å². The molecular weight excluding hydrogens is 278 g/mol. The van der Waals surface area contributed by atoms with E-state index in [-0.39, 0.29) is 6.54 Å². The Morgan fingerprint density at radius 1 is 1.15 bits per heavy atom. The Labute approximate surface area is 122 Å². The molecular formula is C13H25NO5Si. The summed E-state index contributed by atoms with van der Waals surface area (Å²) < 4.78 is 22.5. The van der Waals surface area contributed by atoms with Gasteiger partial charge < -0.3 is 23.3 Å². The molecule has 0 aliphatic heterocycles. The summed E-state index contributed by atoms with van der Waals surface area (Å²) in [7, 11) is -3.06. The van der Waals surface area contributed by atoms with Gasteiger partial charge >= 0.3 is 14.9 Å². The molecule has 1 amide bonds. The van der Waals surface area contributed by atoms with Crippen molar-refractivity contribution in [2.45, 2.75) is 39.8 Å².